The molecular weight excluding hydrogens is 541 g/mol. The number of carbonyl (C=O) groups is 1. The Morgan fingerprint density at radius 3 is 2.38 bits per heavy atom. The molecule has 1 atom stereocenters. The van der Waals surface area contributed by atoms with Crippen LogP contribution in [0.3, 0.4) is 0 Å². The third kappa shape index (κ3) is 5.91. The molecule has 2 aromatic carbocycles. The van der Waals surface area contributed by atoms with Crippen LogP contribution in [0, 0.1) is 0 Å². The van der Waals surface area contributed by atoms with Gasteiger partial charge < -0.3 is 10.6 Å². The van der Waals surface area contributed by atoms with Crippen LogP contribution in [0.15, 0.2) is 54.7 Å². The number of halogens is 4. The number of hydrogen-bond acceptors (Lipinski definition) is 5. The summed E-state index contributed by atoms with van der Waals surface area (Å²) < 4.78 is 40.2. The first-order valence-electron chi connectivity index (χ1n) is 13.4. The van der Waals surface area contributed by atoms with Crippen LogP contribution in [0.2, 0.25) is 5.02 Å². The van der Waals surface area contributed by atoms with E-state index in [1.54, 1.807) is 10.9 Å². The van der Waals surface area contributed by atoms with E-state index in [4.69, 9.17) is 21.6 Å². The number of fused-ring (bicyclic) bond motifs is 1. The van der Waals surface area contributed by atoms with Gasteiger partial charge in [-0.15, -0.1) is 0 Å². The molecule has 0 bridgehead atoms. The van der Waals surface area contributed by atoms with E-state index in [2.05, 4.69) is 29.6 Å². The minimum atomic E-state index is -4.43. The molecule has 2 heterocycles. The maximum atomic E-state index is 12.8. The van der Waals surface area contributed by atoms with Gasteiger partial charge in [-0.2, -0.15) is 18.3 Å². The van der Waals surface area contributed by atoms with Crippen molar-refractivity contribution in [1.82, 2.24) is 25.1 Å². The molecule has 1 amide bonds. The molecular formula is C29H30ClF3N6O. The van der Waals surface area contributed by atoms with E-state index in [0.29, 0.717) is 10.7 Å². The highest BCUT2D eigenvalue weighted by atomic mass is 35.5. The van der Waals surface area contributed by atoms with Crippen LogP contribution in [0.25, 0.3) is 16.7 Å². The molecule has 2 N–H and O–H groups in total. The van der Waals surface area contributed by atoms with Gasteiger partial charge in [-0.25, -0.2) is 14.6 Å². The summed E-state index contributed by atoms with van der Waals surface area (Å²) in [5, 5.41) is 12.5. The van der Waals surface area contributed by atoms with Crippen molar-refractivity contribution in [1.29, 1.82) is 0 Å². The van der Waals surface area contributed by atoms with E-state index < -0.39 is 11.7 Å². The fourth-order valence-corrected chi connectivity index (χ4v) is 5.11. The van der Waals surface area contributed by atoms with Crippen molar-refractivity contribution in [2.24, 2.45) is 0 Å². The zero-order chi connectivity index (χ0) is 28.4. The molecule has 1 aliphatic carbocycles. The van der Waals surface area contributed by atoms with Gasteiger partial charge in [-0.3, -0.25) is 4.79 Å². The van der Waals surface area contributed by atoms with Gasteiger partial charge in [0.25, 0.3) is 5.91 Å². The van der Waals surface area contributed by atoms with Crippen LogP contribution >= 0.6 is 11.6 Å². The Labute approximate surface area is 235 Å². The Morgan fingerprint density at radius 2 is 1.73 bits per heavy atom. The third-order valence-corrected chi connectivity index (χ3v) is 7.78. The molecule has 4 aromatic rings. The van der Waals surface area contributed by atoms with E-state index in [1.165, 1.54) is 12.1 Å². The number of nitrogens with one attached hydrogen (secondary N) is 2. The van der Waals surface area contributed by atoms with Crippen LogP contribution in [-0.4, -0.2) is 37.7 Å². The standard InChI is InChI=1S/C29H30ClF3N6O/c1-3-17(2)25-37-26(22-16-34-39(27(22)38-25)24-7-5-4-6-23(24)30)35-20-12-14-21(15-13-20)36-28(40)18-8-10-19(11-9-18)29(31,32)33/h4-11,16-17,20-21H,3,12-15H2,1-2H3,(H,36,40)(H,35,37,38)/t17-,20?,21?/m0/s1. The van der Waals surface area contributed by atoms with Crippen LogP contribution in [0.1, 0.15) is 73.6 Å². The largest absolute Gasteiger partial charge is 0.416 e. The van der Waals surface area contributed by atoms with Crippen molar-refractivity contribution in [3.63, 3.8) is 0 Å². The molecule has 0 unspecified atom stereocenters. The van der Waals surface area contributed by atoms with Gasteiger partial charge in [-0.1, -0.05) is 37.6 Å². The summed E-state index contributed by atoms with van der Waals surface area (Å²) in [6.45, 7) is 4.18. The topological polar surface area (TPSA) is 84.7 Å². The summed E-state index contributed by atoms with van der Waals surface area (Å²) >= 11 is 6.46. The molecule has 210 valence electrons. The Kier molecular flexibility index (Phi) is 7.98. The molecule has 40 heavy (non-hydrogen) atoms. The monoisotopic (exact) mass is 570 g/mol. The van der Waals surface area contributed by atoms with Gasteiger partial charge in [0.2, 0.25) is 0 Å². The zero-order valence-corrected chi connectivity index (χ0v) is 22.9. The van der Waals surface area contributed by atoms with Crippen LogP contribution in [-0.2, 0) is 6.18 Å². The zero-order valence-electron chi connectivity index (χ0n) is 22.2. The number of carbonyl (C=O) groups excluding carboxylic acids is 1. The number of rotatable bonds is 7. The predicted molar refractivity (Wildman–Crippen MR) is 149 cm³/mol. The van der Waals surface area contributed by atoms with Gasteiger partial charge in [0.05, 0.1) is 27.9 Å². The highest BCUT2D eigenvalue weighted by Crippen LogP contribution is 2.31. The molecule has 1 fully saturated rings. The molecule has 2 aromatic heterocycles. The normalized spacial score (nSPS) is 18.4. The molecule has 5 rings (SSSR count). The average Bonchev–Trinajstić information content (AvgIpc) is 3.37. The van der Waals surface area contributed by atoms with Crippen LogP contribution in [0.4, 0.5) is 19.0 Å². The van der Waals surface area contributed by atoms with Gasteiger partial charge >= 0.3 is 6.18 Å². The number of amides is 1. The quantitative estimate of drug-likeness (QED) is 0.246. The smallest absolute Gasteiger partial charge is 0.367 e. The van der Waals surface area contributed by atoms with Crippen molar-refractivity contribution in [2.75, 3.05) is 5.32 Å². The van der Waals surface area contributed by atoms with Gasteiger partial charge in [0.1, 0.15) is 11.6 Å². The first kappa shape index (κ1) is 27.9. The fraction of sp³-hybridized carbons (Fsp3) is 0.379. The van der Waals surface area contributed by atoms with E-state index in [1.807, 2.05) is 24.3 Å². The number of nitrogens with zero attached hydrogens (tertiary/aromatic N) is 4. The van der Waals surface area contributed by atoms with Gasteiger partial charge in [-0.05, 0) is 68.5 Å². The Balaban J connectivity index is 1.29. The molecule has 11 heteroatoms. The summed E-state index contributed by atoms with van der Waals surface area (Å²) in [6.07, 6.45) is 1.25. The maximum absolute atomic E-state index is 12.8. The summed E-state index contributed by atoms with van der Waals surface area (Å²) in [4.78, 5) is 22.3. The average molecular weight is 571 g/mol. The van der Waals surface area contributed by atoms with Crippen LogP contribution in [0.5, 0.6) is 0 Å². The Bertz CT molecular complexity index is 1500. The highest BCUT2D eigenvalue weighted by molar-refractivity contribution is 6.32. The molecule has 0 aliphatic heterocycles. The van der Waals surface area contributed by atoms with Gasteiger partial charge in [0.15, 0.2) is 5.65 Å². The number of alkyl halides is 3. The number of para-hydroxylation sites is 1. The summed E-state index contributed by atoms with van der Waals surface area (Å²) in [7, 11) is 0. The SMILES string of the molecule is CC[C@H](C)c1nc(NC2CCC(NC(=O)c3ccc(C(F)(F)F)cc3)CC2)c2cnn(-c3ccccc3Cl)c2n1. The molecule has 0 saturated heterocycles. The number of aromatic nitrogens is 4. The van der Waals surface area contributed by atoms with Gasteiger partial charge in [0, 0.05) is 23.6 Å². The summed E-state index contributed by atoms with van der Waals surface area (Å²) in [6, 6.07) is 11.8. The van der Waals surface area contributed by atoms with Crippen molar-refractivity contribution in [2.45, 2.75) is 70.1 Å². The van der Waals surface area contributed by atoms with E-state index in [9.17, 15) is 18.0 Å². The predicted octanol–water partition coefficient (Wildman–Crippen LogP) is 7.15. The summed E-state index contributed by atoms with van der Waals surface area (Å²) in [5.74, 6) is 1.23. The van der Waals surface area contributed by atoms with Crippen molar-refractivity contribution in [3.05, 3.63) is 76.7 Å². The number of hydrogen-bond donors (Lipinski definition) is 2. The second-order valence-corrected chi connectivity index (χ2v) is 10.6. The lowest BCUT2D eigenvalue weighted by molar-refractivity contribution is -0.137. The highest BCUT2D eigenvalue weighted by Gasteiger charge is 2.30. The fourth-order valence-electron chi connectivity index (χ4n) is 4.89. The molecule has 7 nitrogen and oxygen atoms in total. The van der Waals surface area contributed by atoms with Crippen molar-refractivity contribution in [3.8, 4) is 5.69 Å². The van der Waals surface area contributed by atoms with Crippen LogP contribution < -0.4 is 10.6 Å². The van der Waals surface area contributed by atoms with E-state index >= 15 is 0 Å². The van der Waals surface area contributed by atoms with Crippen molar-refractivity contribution < 1.29 is 18.0 Å². The Morgan fingerprint density at radius 1 is 1.05 bits per heavy atom. The minimum absolute atomic E-state index is 0.0584. The lowest BCUT2D eigenvalue weighted by Gasteiger charge is -2.30. The Hall–Kier alpha value is -3.66. The second-order valence-electron chi connectivity index (χ2n) is 10.2. The maximum Gasteiger partial charge on any atom is 0.416 e. The lowest BCUT2D eigenvalue weighted by atomic mass is 9.91. The van der Waals surface area contributed by atoms with E-state index in [-0.39, 0.29) is 29.5 Å². The molecule has 0 spiro atoms. The van der Waals surface area contributed by atoms with Crippen molar-refractivity contribution >= 4 is 34.4 Å². The number of benzene rings is 2. The van der Waals surface area contributed by atoms with E-state index in [0.717, 1.165) is 67.0 Å². The molecule has 0 radical (unpaired) electrons. The minimum Gasteiger partial charge on any atom is -0.367 e. The summed E-state index contributed by atoms with van der Waals surface area (Å²) in [5.41, 5.74) is 0.856. The molecule has 1 aliphatic rings. The first-order valence-corrected chi connectivity index (χ1v) is 13.8. The second kappa shape index (κ2) is 11.4. The number of anilines is 1. The molecule has 1 saturated carbocycles. The first-order chi connectivity index (χ1) is 19.1. The lowest BCUT2D eigenvalue weighted by Crippen LogP contribution is -2.40. The third-order valence-electron chi connectivity index (χ3n) is 7.46.